The van der Waals surface area contributed by atoms with Gasteiger partial charge in [-0.1, -0.05) is 34.1 Å². The van der Waals surface area contributed by atoms with E-state index in [9.17, 15) is 0 Å². The summed E-state index contributed by atoms with van der Waals surface area (Å²) < 4.78 is 0. The van der Waals surface area contributed by atoms with Crippen LogP contribution in [-0.2, 0) is 0 Å². The molecule has 0 amide bonds. The van der Waals surface area contributed by atoms with E-state index in [1.807, 2.05) is 13.8 Å². The lowest BCUT2D eigenvalue weighted by Crippen LogP contribution is -2.29. The van der Waals surface area contributed by atoms with E-state index in [4.69, 9.17) is 10.2 Å². The Hall–Kier alpha value is -0.0800. The predicted molar refractivity (Wildman–Crippen MR) is 46.1 cm³/mol. The van der Waals surface area contributed by atoms with Crippen LogP contribution < -0.4 is 0 Å². The molecule has 11 heavy (non-hydrogen) atoms. The largest absolute Gasteiger partial charge is 0.368 e. The van der Waals surface area contributed by atoms with Gasteiger partial charge in [0.25, 0.3) is 0 Å². The lowest BCUT2D eigenvalue weighted by atomic mass is 9.85. The fourth-order valence-electron chi connectivity index (χ4n) is 0.790. The minimum atomic E-state index is -1.19. The van der Waals surface area contributed by atoms with Gasteiger partial charge in [0.05, 0.1) is 0 Å². The van der Waals surface area contributed by atoms with Gasteiger partial charge in [0.15, 0.2) is 6.29 Å². The molecule has 0 aliphatic rings. The highest BCUT2D eigenvalue weighted by atomic mass is 16.5. The van der Waals surface area contributed by atoms with Crippen LogP contribution in [0.2, 0.25) is 0 Å². The summed E-state index contributed by atoms with van der Waals surface area (Å²) in [6.07, 6.45) is 0.716. The van der Waals surface area contributed by atoms with Crippen LogP contribution in [0.3, 0.4) is 0 Å². The average molecular weight is 160 g/mol. The van der Waals surface area contributed by atoms with Crippen molar-refractivity contribution >= 4 is 0 Å². The number of aliphatic hydroxyl groups excluding tert-OH is 1. The molecule has 0 spiro atoms. The summed E-state index contributed by atoms with van der Waals surface area (Å²) >= 11 is 0. The molecule has 0 fully saturated rings. The SMILES string of the molecule is CC(C)CCC(C)(C)C(O)O. The standard InChI is InChI=1S/C9H20O2/c1-7(2)5-6-9(3,4)8(10)11/h7-8,10-11H,5-6H2,1-4H3. The van der Waals surface area contributed by atoms with E-state index in [-0.39, 0.29) is 5.41 Å². The first-order chi connectivity index (χ1) is 4.86. The van der Waals surface area contributed by atoms with Crippen molar-refractivity contribution in [2.24, 2.45) is 11.3 Å². The third kappa shape index (κ3) is 4.38. The Morgan fingerprint density at radius 1 is 1.18 bits per heavy atom. The fourth-order valence-corrected chi connectivity index (χ4v) is 0.790. The minimum Gasteiger partial charge on any atom is -0.368 e. The summed E-state index contributed by atoms with van der Waals surface area (Å²) in [5.74, 6) is 0.632. The lowest BCUT2D eigenvalue weighted by Gasteiger charge is -2.27. The van der Waals surface area contributed by atoms with E-state index in [2.05, 4.69) is 13.8 Å². The minimum absolute atomic E-state index is 0.357. The van der Waals surface area contributed by atoms with Gasteiger partial charge in [0, 0.05) is 5.41 Å². The van der Waals surface area contributed by atoms with E-state index in [0.717, 1.165) is 12.8 Å². The Labute approximate surface area is 69.2 Å². The van der Waals surface area contributed by atoms with Gasteiger partial charge in [-0.3, -0.25) is 0 Å². The monoisotopic (exact) mass is 160 g/mol. The fraction of sp³-hybridized carbons (Fsp3) is 1.00. The number of aliphatic hydroxyl groups is 2. The topological polar surface area (TPSA) is 40.5 Å². The molecule has 0 aromatic carbocycles. The first-order valence-electron chi connectivity index (χ1n) is 4.22. The maximum Gasteiger partial charge on any atom is 0.156 e. The first kappa shape index (κ1) is 10.9. The Balaban J connectivity index is 3.73. The molecule has 0 aliphatic carbocycles. The zero-order chi connectivity index (χ0) is 9.07. The highest BCUT2D eigenvalue weighted by molar-refractivity contribution is 4.70. The molecule has 2 heteroatoms. The summed E-state index contributed by atoms with van der Waals surface area (Å²) in [5.41, 5.74) is -0.357. The average Bonchev–Trinajstić information content (AvgIpc) is 1.84. The molecule has 0 bridgehead atoms. The molecule has 0 heterocycles. The second kappa shape index (κ2) is 4.07. The highest BCUT2D eigenvalue weighted by Crippen LogP contribution is 2.27. The van der Waals surface area contributed by atoms with Gasteiger partial charge in [-0.2, -0.15) is 0 Å². The summed E-state index contributed by atoms with van der Waals surface area (Å²) in [7, 11) is 0. The Morgan fingerprint density at radius 3 is 1.91 bits per heavy atom. The molecule has 2 nitrogen and oxygen atoms in total. The molecule has 68 valence electrons. The van der Waals surface area contributed by atoms with Crippen molar-refractivity contribution in [2.75, 3.05) is 0 Å². The van der Waals surface area contributed by atoms with Gasteiger partial charge < -0.3 is 10.2 Å². The third-order valence-electron chi connectivity index (χ3n) is 2.06. The van der Waals surface area contributed by atoms with E-state index >= 15 is 0 Å². The molecule has 0 radical (unpaired) electrons. The number of rotatable bonds is 4. The van der Waals surface area contributed by atoms with E-state index in [1.165, 1.54) is 0 Å². The van der Waals surface area contributed by atoms with E-state index < -0.39 is 6.29 Å². The van der Waals surface area contributed by atoms with Crippen molar-refractivity contribution in [2.45, 2.75) is 46.8 Å². The van der Waals surface area contributed by atoms with Crippen LogP contribution in [0.4, 0.5) is 0 Å². The van der Waals surface area contributed by atoms with E-state index in [0.29, 0.717) is 5.92 Å². The Bertz CT molecular complexity index is 106. The zero-order valence-corrected chi connectivity index (χ0v) is 7.96. The van der Waals surface area contributed by atoms with Crippen molar-refractivity contribution in [3.8, 4) is 0 Å². The van der Waals surface area contributed by atoms with Gasteiger partial charge in [0.2, 0.25) is 0 Å². The van der Waals surface area contributed by atoms with Crippen LogP contribution in [0.15, 0.2) is 0 Å². The summed E-state index contributed by atoms with van der Waals surface area (Å²) in [5, 5.41) is 17.9. The van der Waals surface area contributed by atoms with Crippen molar-refractivity contribution in [1.29, 1.82) is 0 Å². The van der Waals surface area contributed by atoms with Crippen LogP contribution in [-0.4, -0.2) is 16.5 Å². The molecule has 0 saturated carbocycles. The van der Waals surface area contributed by atoms with Crippen LogP contribution >= 0.6 is 0 Å². The van der Waals surface area contributed by atoms with Crippen molar-refractivity contribution in [3.63, 3.8) is 0 Å². The molecular formula is C9H20O2. The van der Waals surface area contributed by atoms with Crippen molar-refractivity contribution < 1.29 is 10.2 Å². The van der Waals surface area contributed by atoms with Crippen molar-refractivity contribution in [1.82, 2.24) is 0 Å². The van der Waals surface area contributed by atoms with Gasteiger partial charge in [-0.15, -0.1) is 0 Å². The van der Waals surface area contributed by atoms with Gasteiger partial charge in [-0.25, -0.2) is 0 Å². The predicted octanol–water partition coefficient (Wildman–Crippen LogP) is 1.76. The van der Waals surface area contributed by atoms with E-state index in [1.54, 1.807) is 0 Å². The highest BCUT2D eigenvalue weighted by Gasteiger charge is 2.25. The maximum absolute atomic E-state index is 8.95. The first-order valence-corrected chi connectivity index (χ1v) is 4.22. The normalized spacial score (nSPS) is 13.1. The van der Waals surface area contributed by atoms with Gasteiger partial charge in [0.1, 0.15) is 0 Å². The summed E-state index contributed by atoms with van der Waals surface area (Å²) in [4.78, 5) is 0. The molecule has 0 aliphatic heterocycles. The van der Waals surface area contributed by atoms with Crippen LogP contribution in [0, 0.1) is 11.3 Å². The number of hydrogen-bond donors (Lipinski definition) is 2. The van der Waals surface area contributed by atoms with Crippen LogP contribution in [0.5, 0.6) is 0 Å². The molecule has 0 unspecified atom stereocenters. The molecule has 2 N–H and O–H groups in total. The third-order valence-corrected chi connectivity index (χ3v) is 2.06. The second-order valence-corrected chi connectivity index (χ2v) is 4.29. The van der Waals surface area contributed by atoms with Crippen LogP contribution in [0.25, 0.3) is 0 Å². The number of hydrogen-bond acceptors (Lipinski definition) is 2. The quantitative estimate of drug-likeness (QED) is 0.615. The zero-order valence-electron chi connectivity index (χ0n) is 7.96. The smallest absolute Gasteiger partial charge is 0.156 e. The Kier molecular flexibility index (Phi) is 4.04. The molecule has 0 aromatic heterocycles. The molecule has 0 aromatic rings. The molecule has 0 rings (SSSR count). The van der Waals surface area contributed by atoms with Crippen LogP contribution in [0.1, 0.15) is 40.5 Å². The summed E-state index contributed by atoms with van der Waals surface area (Å²) in [6.45, 7) is 8.03. The molecule has 0 atom stereocenters. The second-order valence-electron chi connectivity index (χ2n) is 4.29. The van der Waals surface area contributed by atoms with Gasteiger partial charge >= 0.3 is 0 Å². The maximum atomic E-state index is 8.95. The van der Waals surface area contributed by atoms with Crippen molar-refractivity contribution in [3.05, 3.63) is 0 Å². The molecular weight excluding hydrogens is 140 g/mol. The Morgan fingerprint density at radius 2 is 1.64 bits per heavy atom. The van der Waals surface area contributed by atoms with Gasteiger partial charge in [-0.05, 0) is 12.3 Å². The lowest BCUT2D eigenvalue weighted by molar-refractivity contribution is -0.125. The summed E-state index contributed by atoms with van der Waals surface area (Å²) in [6, 6.07) is 0. The molecule has 0 saturated heterocycles.